The quantitative estimate of drug-likeness (QED) is 0.733. The maximum atomic E-state index is 11.9. The SMILES string of the molecule is CNC(=O)c1ccc(NC(=O)/C=C/c2ccc(NC(C)=O)cc2)cc1. The second-order valence-corrected chi connectivity index (χ2v) is 5.28. The van der Waals surface area contributed by atoms with Crippen molar-refractivity contribution in [2.75, 3.05) is 17.7 Å². The van der Waals surface area contributed by atoms with Gasteiger partial charge in [0, 0.05) is 37.0 Å². The molecule has 6 heteroatoms. The molecule has 128 valence electrons. The van der Waals surface area contributed by atoms with Crippen LogP contribution in [0.15, 0.2) is 54.6 Å². The van der Waals surface area contributed by atoms with Gasteiger partial charge in [-0.1, -0.05) is 12.1 Å². The minimum Gasteiger partial charge on any atom is -0.355 e. The average Bonchev–Trinajstić information content (AvgIpc) is 2.60. The lowest BCUT2D eigenvalue weighted by Crippen LogP contribution is -2.17. The molecule has 3 N–H and O–H groups in total. The first-order valence-electron chi connectivity index (χ1n) is 7.67. The third-order valence-corrected chi connectivity index (χ3v) is 3.30. The fraction of sp³-hybridized carbons (Fsp3) is 0.105. The highest BCUT2D eigenvalue weighted by Crippen LogP contribution is 2.12. The van der Waals surface area contributed by atoms with Crippen molar-refractivity contribution in [3.05, 3.63) is 65.7 Å². The number of nitrogens with one attached hydrogen (secondary N) is 3. The third kappa shape index (κ3) is 5.62. The fourth-order valence-electron chi connectivity index (χ4n) is 2.09. The summed E-state index contributed by atoms with van der Waals surface area (Å²) in [6, 6.07) is 13.7. The van der Waals surface area contributed by atoms with Crippen LogP contribution in [0.3, 0.4) is 0 Å². The molecule has 25 heavy (non-hydrogen) atoms. The van der Waals surface area contributed by atoms with Crippen LogP contribution in [-0.4, -0.2) is 24.8 Å². The zero-order chi connectivity index (χ0) is 18.2. The van der Waals surface area contributed by atoms with Gasteiger partial charge in [-0.2, -0.15) is 0 Å². The molecule has 0 aliphatic heterocycles. The molecule has 0 aliphatic carbocycles. The Kier molecular flexibility index (Phi) is 6.06. The van der Waals surface area contributed by atoms with Gasteiger partial charge in [0.2, 0.25) is 11.8 Å². The highest BCUT2D eigenvalue weighted by molar-refractivity contribution is 6.02. The van der Waals surface area contributed by atoms with Gasteiger partial charge in [-0.3, -0.25) is 14.4 Å². The number of rotatable bonds is 5. The summed E-state index contributed by atoms with van der Waals surface area (Å²) >= 11 is 0. The first kappa shape index (κ1) is 17.9. The van der Waals surface area contributed by atoms with Crippen LogP contribution in [0.5, 0.6) is 0 Å². The Balaban J connectivity index is 1.94. The molecule has 6 nitrogen and oxygen atoms in total. The van der Waals surface area contributed by atoms with Crippen LogP contribution >= 0.6 is 0 Å². The third-order valence-electron chi connectivity index (χ3n) is 3.30. The molecule has 0 radical (unpaired) electrons. The first-order valence-corrected chi connectivity index (χ1v) is 7.67. The lowest BCUT2D eigenvalue weighted by Gasteiger charge is -2.04. The summed E-state index contributed by atoms with van der Waals surface area (Å²) in [6.07, 6.45) is 3.09. The molecule has 0 heterocycles. The highest BCUT2D eigenvalue weighted by atomic mass is 16.2. The lowest BCUT2D eigenvalue weighted by molar-refractivity contribution is -0.114. The van der Waals surface area contributed by atoms with E-state index >= 15 is 0 Å². The van der Waals surface area contributed by atoms with E-state index in [2.05, 4.69) is 16.0 Å². The Labute approximate surface area is 145 Å². The van der Waals surface area contributed by atoms with E-state index in [9.17, 15) is 14.4 Å². The topological polar surface area (TPSA) is 87.3 Å². The number of anilines is 2. The predicted octanol–water partition coefficient (Wildman–Crippen LogP) is 2.66. The standard InChI is InChI=1S/C19H19N3O3/c1-13(23)21-16-8-3-14(4-9-16)5-12-18(24)22-17-10-6-15(7-11-17)19(25)20-2/h3-12H,1-2H3,(H,20,25)(H,21,23)(H,22,24)/b12-5+. The van der Waals surface area contributed by atoms with Gasteiger partial charge in [0.15, 0.2) is 0 Å². The smallest absolute Gasteiger partial charge is 0.251 e. The van der Waals surface area contributed by atoms with Crippen molar-refractivity contribution in [3.63, 3.8) is 0 Å². The molecule has 0 saturated carbocycles. The largest absolute Gasteiger partial charge is 0.355 e. The number of carbonyl (C=O) groups excluding carboxylic acids is 3. The highest BCUT2D eigenvalue weighted by Gasteiger charge is 2.03. The Morgan fingerprint density at radius 1 is 0.840 bits per heavy atom. The van der Waals surface area contributed by atoms with Crippen molar-refractivity contribution in [1.82, 2.24) is 5.32 Å². The van der Waals surface area contributed by atoms with Gasteiger partial charge < -0.3 is 16.0 Å². The van der Waals surface area contributed by atoms with Crippen LogP contribution in [0.25, 0.3) is 6.08 Å². The number of hydrogen-bond donors (Lipinski definition) is 3. The van der Waals surface area contributed by atoms with Gasteiger partial charge in [0.1, 0.15) is 0 Å². The van der Waals surface area contributed by atoms with E-state index in [1.54, 1.807) is 61.7 Å². The van der Waals surface area contributed by atoms with Crippen molar-refractivity contribution in [3.8, 4) is 0 Å². The zero-order valence-electron chi connectivity index (χ0n) is 14.0. The van der Waals surface area contributed by atoms with Crippen LogP contribution in [-0.2, 0) is 9.59 Å². The van der Waals surface area contributed by atoms with E-state index in [1.165, 1.54) is 13.0 Å². The second kappa shape index (κ2) is 8.44. The van der Waals surface area contributed by atoms with E-state index in [1.807, 2.05) is 0 Å². The number of amides is 3. The van der Waals surface area contributed by atoms with Crippen molar-refractivity contribution >= 4 is 35.2 Å². The van der Waals surface area contributed by atoms with Crippen molar-refractivity contribution < 1.29 is 14.4 Å². The van der Waals surface area contributed by atoms with Gasteiger partial charge in [0.25, 0.3) is 5.91 Å². The molecule has 0 spiro atoms. The Hall–Kier alpha value is -3.41. The zero-order valence-corrected chi connectivity index (χ0v) is 14.0. The molecular weight excluding hydrogens is 318 g/mol. The molecule has 2 rings (SSSR count). The first-order chi connectivity index (χ1) is 12.0. The molecule has 0 fully saturated rings. The van der Waals surface area contributed by atoms with Crippen LogP contribution in [0.4, 0.5) is 11.4 Å². The summed E-state index contributed by atoms with van der Waals surface area (Å²) in [4.78, 5) is 34.4. The van der Waals surface area contributed by atoms with Gasteiger partial charge in [0.05, 0.1) is 0 Å². The average molecular weight is 337 g/mol. The van der Waals surface area contributed by atoms with Gasteiger partial charge in [-0.05, 0) is 48.0 Å². The van der Waals surface area contributed by atoms with E-state index in [0.717, 1.165) is 5.56 Å². The predicted molar refractivity (Wildman–Crippen MR) is 98.2 cm³/mol. The van der Waals surface area contributed by atoms with Crippen LogP contribution < -0.4 is 16.0 Å². The van der Waals surface area contributed by atoms with Gasteiger partial charge >= 0.3 is 0 Å². The summed E-state index contributed by atoms with van der Waals surface area (Å²) in [7, 11) is 1.56. The van der Waals surface area contributed by atoms with Crippen molar-refractivity contribution in [1.29, 1.82) is 0 Å². The lowest BCUT2D eigenvalue weighted by atomic mass is 10.2. The normalized spacial score (nSPS) is 10.3. The molecule has 0 bridgehead atoms. The summed E-state index contributed by atoms with van der Waals surface area (Å²) in [6.45, 7) is 1.44. The monoisotopic (exact) mass is 337 g/mol. The molecule has 0 aromatic heterocycles. The van der Waals surface area contributed by atoms with E-state index in [4.69, 9.17) is 0 Å². The summed E-state index contributed by atoms with van der Waals surface area (Å²) < 4.78 is 0. The second-order valence-electron chi connectivity index (χ2n) is 5.28. The van der Waals surface area contributed by atoms with Gasteiger partial charge in [-0.15, -0.1) is 0 Å². The molecule has 0 unspecified atom stereocenters. The number of carbonyl (C=O) groups is 3. The number of hydrogen-bond acceptors (Lipinski definition) is 3. The Bertz CT molecular complexity index is 794. The molecular formula is C19H19N3O3. The van der Waals surface area contributed by atoms with Crippen LogP contribution in [0, 0.1) is 0 Å². The van der Waals surface area contributed by atoms with E-state index < -0.39 is 0 Å². The Morgan fingerprint density at radius 3 is 1.96 bits per heavy atom. The van der Waals surface area contributed by atoms with Crippen LogP contribution in [0.2, 0.25) is 0 Å². The minimum atomic E-state index is -0.279. The molecule has 0 atom stereocenters. The molecule has 2 aromatic carbocycles. The van der Waals surface area contributed by atoms with Crippen molar-refractivity contribution in [2.24, 2.45) is 0 Å². The van der Waals surface area contributed by atoms with E-state index in [0.29, 0.717) is 16.9 Å². The fourth-order valence-corrected chi connectivity index (χ4v) is 2.09. The molecule has 0 aliphatic rings. The van der Waals surface area contributed by atoms with Gasteiger partial charge in [-0.25, -0.2) is 0 Å². The van der Waals surface area contributed by atoms with Crippen LogP contribution in [0.1, 0.15) is 22.8 Å². The molecule has 0 saturated heterocycles. The minimum absolute atomic E-state index is 0.134. The Morgan fingerprint density at radius 2 is 1.40 bits per heavy atom. The van der Waals surface area contributed by atoms with Crippen molar-refractivity contribution in [2.45, 2.75) is 6.92 Å². The van der Waals surface area contributed by atoms with E-state index in [-0.39, 0.29) is 17.7 Å². The molecule has 2 aromatic rings. The summed E-state index contributed by atoms with van der Waals surface area (Å²) in [5.41, 5.74) is 2.66. The molecule has 3 amide bonds. The summed E-state index contributed by atoms with van der Waals surface area (Å²) in [5, 5.41) is 7.93. The number of benzene rings is 2. The summed E-state index contributed by atoms with van der Waals surface area (Å²) in [5.74, 6) is -0.593. The maximum absolute atomic E-state index is 11.9. The maximum Gasteiger partial charge on any atom is 0.251 e.